The minimum Gasteiger partial charge on any atom is -0.465 e. The highest BCUT2D eigenvalue weighted by Gasteiger charge is 2.15. The van der Waals surface area contributed by atoms with E-state index in [4.69, 9.17) is 0 Å². The van der Waals surface area contributed by atoms with E-state index in [1.807, 2.05) is 0 Å². The third kappa shape index (κ3) is 3.73. The normalized spacial score (nSPS) is 9.72. The van der Waals surface area contributed by atoms with Crippen molar-refractivity contribution >= 4 is 17.7 Å². The second-order valence-electron chi connectivity index (χ2n) is 3.47. The van der Waals surface area contributed by atoms with Crippen LogP contribution >= 0.6 is 0 Å². The van der Waals surface area contributed by atoms with Gasteiger partial charge in [-0.05, 0) is 19.1 Å². The molecule has 0 heterocycles. The van der Waals surface area contributed by atoms with Crippen LogP contribution in [-0.2, 0) is 9.53 Å². The van der Waals surface area contributed by atoms with Gasteiger partial charge >= 0.3 is 12.0 Å². The number of amides is 2. The van der Waals surface area contributed by atoms with Gasteiger partial charge < -0.3 is 10.1 Å². The van der Waals surface area contributed by atoms with Crippen LogP contribution in [0.1, 0.15) is 6.92 Å². The van der Waals surface area contributed by atoms with Crippen molar-refractivity contribution in [3.63, 3.8) is 0 Å². The van der Waals surface area contributed by atoms with E-state index >= 15 is 0 Å². The molecule has 0 aliphatic rings. The van der Waals surface area contributed by atoms with E-state index in [-0.39, 0.29) is 18.8 Å². The van der Waals surface area contributed by atoms with Crippen molar-refractivity contribution in [2.45, 2.75) is 6.92 Å². The van der Waals surface area contributed by atoms with Crippen LogP contribution in [0.15, 0.2) is 24.3 Å². The van der Waals surface area contributed by atoms with Crippen LogP contribution in [0.25, 0.3) is 0 Å². The molecule has 18 heavy (non-hydrogen) atoms. The largest absolute Gasteiger partial charge is 0.465 e. The fraction of sp³-hybridized carbons (Fsp3) is 0.333. The number of urea groups is 1. The van der Waals surface area contributed by atoms with Gasteiger partial charge in [0.2, 0.25) is 0 Å². The highest BCUT2D eigenvalue weighted by atomic mass is 19.1. The number of hydrogen-bond donors (Lipinski definition) is 1. The summed E-state index contributed by atoms with van der Waals surface area (Å²) in [6.45, 7) is 1.68. The Kier molecular flexibility index (Phi) is 5.10. The van der Waals surface area contributed by atoms with Gasteiger partial charge in [0.25, 0.3) is 0 Å². The first-order valence-electron chi connectivity index (χ1n) is 5.48. The topological polar surface area (TPSA) is 58.6 Å². The molecular weight excluding hydrogens is 239 g/mol. The minimum absolute atomic E-state index is 0.138. The number of nitrogens with one attached hydrogen (secondary N) is 1. The first kappa shape index (κ1) is 14.0. The quantitative estimate of drug-likeness (QED) is 0.829. The molecule has 0 bridgehead atoms. The number of halogens is 1. The summed E-state index contributed by atoms with van der Waals surface area (Å²) in [5, 5.41) is 2.34. The molecule has 0 fully saturated rings. The Morgan fingerprint density at radius 3 is 2.67 bits per heavy atom. The highest BCUT2D eigenvalue weighted by Crippen LogP contribution is 2.16. The number of rotatable bonds is 4. The average molecular weight is 254 g/mol. The fourth-order valence-corrected chi connectivity index (χ4v) is 1.31. The van der Waals surface area contributed by atoms with Crippen molar-refractivity contribution < 1.29 is 18.7 Å². The predicted octanol–water partition coefficient (Wildman–Crippen LogP) is 1.53. The molecule has 0 saturated heterocycles. The number of carbonyl (C=O) groups excluding carboxylic acids is 2. The molecule has 0 saturated carbocycles. The van der Waals surface area contributed by atoms with Gasteiger partial charge in [-0.15, -0.1) is 0 Å². The van der Waals surface area contributed by atoms with E-state index in [1.54, 1.807) is 13.0 Å². The second-order valence-corrected chi connectivity index (χ2v) is 3.47. The van der Waals surface area contributed by atoms with Gasteiger partial charge in [0, 0.05) is 7.05 Å². The van der Waals surface area contributed by atoms with Gasteiger partial charge in [-0.2, -0.15) is 0 Å². The Morgan fingerprint density at radius 2 is 2.06 bits per heavy atom. The van der Waals surface area contributed by atoms with E-state index in [9.17, 15) is 14.0 Å². The molecule has 0 spiro atoms. The maximum absolute atomic E-state index is 13.4. The molecule has 1 aromatic rings. The van der Waals surface area contributed by atoms with Crippen molar-refractivity contribution in [3.8, 4) is 0 Å². The van der Waals surface area contributed by atoms with Crippen molar-refractivity contribution in [1.82, 2.24) is 5.32 Å². The Bertz CT molecular complexity index is 437. The number of anilines is 1. The SMILES string of the molecule is CCOC(=O)CNC(=O)N(C)c1ccccc1F. The van der Waals surface area contributed by atoms with Gasteiger partial charge in [0.1, 0.15) is 12.4 Å². The summed E-state index contributed by atoms with van der Waals surface area (Å²) < 4.78 is 18.1. The summed E-state index contributed by atoms with van der Waals surface area (Å²) in [4.78, 5) is 23.8. The van der Waals surface area contributed by atoms with Crippen LogP contribution in [0.2, 0.25) is 0 Å². The van der Waals surface area contributed by atoms with Crippen LogP contribution in [-0.4, -0.2) is 32.2 Å². The van der Waals surface area contributed by atoms with Crippen LogP contribution in [0.4, 0.5) is 14.9 Å². The second kappa shape index (κ2) is 6.58. The maximum atomic E-state index is 13.4. The summed E-state index contributed by atoms with van der Waals surface area (Å²) in [6.07, 6.45) is 0. The molecule has 0 atom stereocenters. The molecule has 1 N–H and O–H groups in total. The van der Waals surface area contributed by atoms with E-state index in [1.165, 1.54) is 25.2 Å². The average Bonchev–Trinajstić information content (AvgIpc) is 2.36. The predicted molar refractivity (Wildman–Crippen MR) is 64.8 cm³/mol. The van der Waals surface area contributed by atoms with E-state index < -0.39 is 17.8 Å². The number of hydrogen-bond acceptors (Lipinski definition) is 3. The van der Waals surface area contributed by atoms with Gasteiger partial charge in [-0.1, -0.05) is 12.1 Å². The molecule has 0 unspecified atom stereocenters. The van der Waals surface area contributed by atoms with E-state index in [0.29, 0.717) is 0 Å². The third-order valence-corrected chi connectivity index (χ3v) is 2.21. The van der Waals surface area contributed by atoms with Crippen LogP contribution in [0.5, 0.6) is 0 Å². The number of benzene rings is 1. The fourth-order valence-electron chi connectivity index (χ4n) is 1.31. The van der Waals surface area contributed by atoms with Crippen LogP contribution in [0, 0.1) is 5.82 Å². The van der Waals surface area contributed by atoms with Gasteiger partial charge in [-0.3, -0.25) is 9.69 Å². The van der Waals surface area contributed by atoms with Gasteiger partial charge in [-0.25, -0.2) is 9.18 Å². The Labute approximate surface area is 105 Å². The highest BCUT2D eigenvalue weighted by molar-refractivity contribution is 5.93. The summed E-state index contributed by atoms with van der Waals surface area (Å²) in [7, 11) is 1.42. The summed E-state index contributed by atoms with van der Waals surface area (Å²) in [5.74, 6) is -1.04. The zero-order chi connectivity index (χ0) is 13.5. The lowest BCUT2D eigenvalue weighted by molar-refractivity contribution is -0.141. The first-order chi connectivity index (χ1) is 8.56. The Hall–Kier alpha value is -2.11. The molecule has 0 aliphatic carbocycles. The van der Waals surface area contributed by atoms with Crippen LogP contribution < -0.4 is 10.2 Å². The molecular formula is C12H15FN2O3. The standard InChI is InChI=1S/C12H15FN2O3/c1-3-18-11(16)8-14-12(17)15(2)10-7-5-4-6-9(10)13/h4-7H,3,8H2,1-2H3,(H,14,17). The lowest BCUT2D eigenvalue weighted by Gasteiger charge is -2.18. The lowest BCUT2D eigenvalue weighted by Crippen LogP contribution is -2.40. The monoisotopic (exact) mass is 254 g/mol. The molecule has 0 aliphatic heterocycles. The zero-order valence-corrected chi connectivity index (χ0v) is 10.3. The molecule has 98 valence electrons. The smallest absolute Gasteiger partial charge is 0.325 e. The van der Waals surface area contributed by atoms with Gasteiger partial charge in [0.15, 0.2) is 0 Å². The van der Waals surface area contributed by atoms with Crippen LogP contribution in [0.3, 0.4) is 0 Å². The van der Waals surface area contributed by atoms with E-state index in [2.05, 4.69) is 10.1 Å². The molecule has 2 amide bonds. The molecule has 1 aromatic carbocycles. The molecule has 0 radical (unpaired) electrons. The van der Waals surface area contributed by atoms with Gasteiger partial charge in [0.05, 0.1) is 12.3 Å². The molecule has 5 nitrogen and oxygen atoms in total. The maximum Gasteiger partial charge on any atom is 0.325 e. The minimum atomic E-state index is -0.576. The summed E-state index contributed by atoms with van der Waals surface area (Å²) in [6, 6.07) is 5.30. The first-order valence-corrected chi connectivity index (χ1v) is 5.48. The Morgan fingerprint density at radius 1 is 1.39 bits per heavy atom. The number of ether oxygens (including phenoxy) is 1. The number of esters is 1. The van der Waals surface area contributed by atoms with Crippen molar-refractivity contribution in [2.24, 2.45) is 0 Å². The summed E-state index contributed by atoms with van der Waals surface area (Å²) >= 11 is 0. The number of para-hydroxylation sites is 1. The molecule has 6 heteroatoms. The van der Waals surface area contributed by atoms with Crippen molar-refractivity contribution in [2.75, 3.05) is 25.1 Å². The molecule has 1 rings (SSSR count). The van der Waals surface area contributed by atoms with E-state index in [0.717, 1.165) is 4.90 Å². The number of carbonyl (C=O) groups is 2. The Balaban J connectivity index is 2.57. The molecule has 0 aromatic heterocycles. The number of nitrogens with zero attached hydrogens (tertiary/aromatic N) is 1. The third-order valence-electron chi connectivity index (χ3n) is 2.21. The van der Waals surface area contributed by atoms with Crippen molar-refractivity contribution in [1.29, 1.82) is 0 Å². The lowest BCUT2D eigenvalue weighted by atomic mass is 10.3. The zero-order valence-electron chi connectivity index (χ0n) is 10.3. The summed E-state index contributed by atoms with van der Waals surface area (Å²) in [5.41, 5.74) is 0.138. The van der Waals surface area contributed by atoms with Crippen molar-refractivity contribution in [3.05, 3.63) is 30.1 Å².